The van der Waals surface area contributed by atoms with Crippen molar-refractivity contribution in [3.63, 3.8) is 0 Å². The zero-order valence-electron chi connectivity index (χ0n) is 16.6. The molecule has 1 heterocycles. The highest BCUT2D eigenvalue weighted by molar-refractivity contribution is 5.84. The Hall–Kier alpha value is -3.92. The standard InChI is InChI=1S/C26H21NO3/c1-19(16-20-12-14-24(15-13-20)27(28)29)25-17-23(21-8-4-2-5-9-21)18-26(30-25)22-10-6-3-7-11-22/h2-18,25H,1H3/b19-16+. The summed E-state index contributed by atoms with van der Waals surface area (Å²) in [6.07, 6.45) is 5.94. The molecule has 4 nitrogen and oxygen atoms in total. The van der Waals surface area contributed by atoms with E-state index in [0.29, 0.717) is 0 Å². The molecule has 0 saturated carbocycles. The van der Waals surface area contributed by atoms with Crippen molar-refractivity contribution >= 4 is 23.1 Å². The van der Waals surface area contributed by atoms with Gasteiger partial charge in [0.25, 0.3) is 5.69 Å². The largest absolute Gasteiger partial charge is 0.481 e. The van der Waals surface area contributed by atoms with Crippen molar-refractivity contribution in [2.24, 2.45) is 0 Å². The molecule has 1 atom stereocenters. The molecule has 4 heteroatoms. The number of nitro benzene ring substituents is 1. The van der Waals surface area contributed by atoms with Crippen LogP contribution < -0.4 is 0 Å². The topological polar surface area (TPSA) is 52.4 Å². The molecule has 0 radical (unpaired) electrons. The van der Waals surface area contributed by atoms with E-state index < -0.39 is 4.92 Å². The van der Waals surface area contributed by atoms with Crippen molar-refractivity contribution in [1.82, 2.24) is 0 Å². The molecule has 0 aliphatic carbocycles. The highest BCUT2D eigenvalue weighted by Crippen LogP contribution is 2.32. The quantitative estimate of drug-likeness (QED) is 0.365. The van der Waals surface area contributed by atoms with Crippen molar-refractivity contribution in [3.05, 3.63) is 129 Å². The maximum atomic E-state index is 10.9. The molecule has 0 amide bonds. The number of non-ortho nitro benzene ring substituents is 1. The molecule has 3 aromatic rings. The van der Waals surface area contributed by atoms with Crippen molar-refractivity contribution in [1.29, 1.82) is 0 Å². The van der Waals surface area contributed by atoms with Crippen molar-refractivity contribution in [2.75, 3.05) is 0 Å². The number of nitrogens with zero attached hydrogens (tertiary/aromatic N) is 1. The summed E-state index contributed by atoms with van der Waals surface area (Å²) in [5, 5.41) is 10.9. The summed E-state index contributed by atoms with van der Waals surface area (Å²) in [4.78, 5) is 10.5. The van der Waals surface area contributed by atoms with E-state index in [4.69, 9.17) is 4.74 Å². The molecular formula is C26H21NO3. The van der Waals surface area contributed by atoms with Gasteiger partial charge in [0.15, 0.2) is 0 Å². The van der Waals surface area contributed by atoms with E-state index in [0.717, 1.165) is 33.6 Å². The van der Waals surface area contributed by atoms with Crippen LogP contribution >= 0.6 is 0 Å². The molecule has 0 N–H and O–H groups in total. The first-order valence-corrected chi connectivity index (χ1v) is 9.74. The van der Waals surface area contributed by atoms with Crippen molar-refractivity contribution < 1.29 is 9.66 Å². The molecule has 0 bridgehead atoms. The van der Waals surface area contributed by atoms with Gasteiger partial charge in [0.2, 0.25) is 0 Å². The third-order valence-electron chi connectivity index (χ3n) is 4.98. The van der Waals surface area contributed by atoms with E-state index in [1.807, 2.05) is 61.5 Å². The zero-order valence-corrected chi connectivity index (χ0v) is 16.6. The Kier molecular flexibility index (Phi) is 5.57. The van der Waals surface area contributed by atoms with Crippen LogP contribution in [0, 0.1) is 10.1 Å². The first-order chi connectivity index (χ1) is 14.6. The van der Waals surface area contributed by atoms with E-state index in [1.54, 1.807) is 12.1 Å². The SMILES string of the molecule is C/C(=C\c1ccc([N+](=O)[O-])cc1)C1C=C(c2ccccc2)C=C(c2ccccc2)O1. The monoisotopic (exact) mass is 395 g/mol. The molecule has 4 rings (SSSR count). The Balaban J connectivity index is 1.68. The average molecular weight is 395 g/mol. The molecule has 1 aliphatic rings. The molecule has 0 spiro atoms. The van der Waals surface area contributed by atoms with Crippen LogP contribution in [0.3, 0.4) is 0 Å². The second-order valence-electron chi connectivity index (χ2n) is 7.14. The molecule has 1 unspecified atom stereocenters. The van der Waals surface area contributed by atoms with E-state index in [1.165, 1.54) is 12.1 Å². The number of rotatable bonds is 5. The van der Waals surface area contributed by atoms with Crippen LogP contribution in [0.25, 0.3) is 17.4 Å². The summed E-state index contributed by atoms with van der Waals surface area (Å²) in [6.45, 7) is 2.01. The van der Waals surface area contributed by atoms with Crippen molar-refractivity contribution in [2.45, 2.75) is 13.0 Å². The second kappa shape index (κ2) is 8.62. The number of hydrogen-bond acceptors (Lipinski definition) is 3. The molecule has 0 aromatic heterocycles. The highest BCUT2D eigenvalue weighted by atomic mass is 16.6. The van der Waals surface area contributed by atoms with Crippen LogP contribution in [0.4, 0.5) is 5.69 Å². The molecule has 30 heavy (non-hydrogen) atoms. The lowest BCUT2D eigenvalue weighted by Gasteiger charge is -2.25. The van der Waals surface area contributed by atoms with Gasteiger partial charge in [-0.05, 0) is 53.5 Å². The summed E-state index contributed by atoms with van der Waals surface area (Å²) in [5.74, 6) is 0.818. The van der Waals surface area contributed by atoms with Gasteiger partial charge in [-0.3, -0.25) is 10.1 Å². The predicted octanol–water partition coefficient (Wildman–Crippen LogP) is 6.52. The summed E-state index contributed by atoms with van der Waals surface area (Å²) in [5.41, 5.74) is 5.24. The Morgan fingerprint density at radius 1 is 0.900 bits per heavy atom. The number of benzene rings is 3. The third-order valence-corrected chi connectivity index (χ3v) is 4.98. The Morgan fingerprint density at radius 3 is 2.10 bits per heavy atom. The summed E-state index contributed by atoms with van der Waals surface area (Å²) >= 11 is 0. The molecule has 0 saturated heterocycles. The van der Waals surface area contributed by atoms with Gasteiger partial charge < -0.3 is 4.74 Å². The van der Waals surface area contributed by atoms with Crippen LogP contribution in [0.15, 0.2) is 103 Å². The first kappa shape index (κ1) is 19.4. The minimum Gasteiger partial charge on any atom is -0.481 e. The van der Waals surface area contributed by atoms with Gasteiger partial charge >= 0.3 is 0 Å². The third kappa shape index (κ3) is 4.39. The van der Waals surface area contributed by atoms with E-state index >= 15 is 0 Å². The van der Waals surface area contributed by atoms with Gasteiger partial charge in [0, 0.05) is 17.7 Å². The van der Waals surface area contributed by atoms with Gasteiger partial charge in [-0.2, -0.15) is 0 Å². The van der Waals surface area contributed by atoms with Crippen molar-refractivity contribution in [3.8, 4) is 0 Å². The molecule has 3 aromatic carbocycles. The summed E-state index contributed by atoms with van der Waals surface area (Å²) in [7, 11) is 0. The fourth-order valence-corrected chi connectivity index (χ4v) is 3.38. The van der Waals surface area contributed by atoms with E-state index in [2.05, 4.69) is 24.3 Å². The van der Waals surface area contributed by atoms with Gasteiger partial charge in [0.05, 0.1) is 4.92 Å². The average Bonchev–Trinajstić information content (AvgIpc) is 2.80. The van der Waals surface area contributed by atoms with E-state index in [9.17, 15) is 10.1 Å². The van der Waals surface area contributed by atoms with Crippen LogP contribution in [0.2, 0.25) is 0 Å². The maximum absolute atomic E-state index is 10.9. The summed E-state index contributed by atoms with van der Waals surface area (Å²) in [6, 6.07) is 26.8. The van der Waals surface area contributed by atoms with Crippen LogP contribution in [0.5, 0.6) is 0 Å². The Morgan fingerprint density at radius 2 is 1.50 bits per heavy atom. The fraction of sp³-hybridized carbons (Fsp3) is 0.0769. The van der Waals surface area contributed by atoms with Crippen LogP contribution in [0.1, 0.15) is 23.6 Å². The molecule has 1 aliphatic heterocycles. The minimum absolute atomic E-state index is 0.0827. The minimum atomic E-state index is -0.392. The lowest BCUT2D eigenvalue weighted by atomic mass is 9.96. The maximum Gasteiger partial charge on any atom is 0.269 e. The zero-order chi connectivity index (χ0) is 20.9. The Labute approximate surface area is 175 Å². The smallest absolute Gasteiger partial charge is 0.269 e. The normalized spacial score (nSPS) is 16.3. The lowest BCUT2D eigenvalue weighted by Crippen LogP contribution is -2.15. The second-order valence-corrected chi connectivity index (χ2v) is 7.14. The fourth-order valence-electron chi connectivity index (χ4n) is 3.38. The van der Waals surface area contributed by atoms with Gasteiger partial charge in [0.1, 0.15) is 11.9 Å². The lowest BCUT2D eigenvalue weighted by molar-refractivity contribution is -0.384. The molecule has 0 fully saturated rings. The van der Waals surface area contributed by atoms with Gasteiger partial charge in [-0.25, -0.2) is 0 Å². The van der Waals surface area contributed by atoms with E-state index in [-0.39, 0.29) is 11.8 Å². The number of ether oxygens (including phenoxy) is 1. The predicted molar refractivity (Wildman–Crippen MR) is 120 cm³/mol. The highest BCUT2D eigenvalue weighted by Gasteiger charge is 2.20. The first-order valence-electron chi connectivity index (χ1n) is 9.74. The van der Waals surface area contributed by atoms with Gasteiger partial charge in [-0.1, -0.05) is 66.7 Å². The summed E-state index contributed by atoms with van der Waals surface area (Å²) < 4.78 is 6.33. The molecule has 148 valence electrons. The van der Waals surface area contributed by atoms with Crippen LogP contribution in [-0.4, -0.2) is 11.0 Å². The molecular weight excluding hydrogens is 374 g/mol. The number of allylic oxidation sites excluding steroid dienone is 2. The number of nitro groups is 1. The van der Waals surface area contributed by atoms with Gasteiger partial charge in [-0.15, -0.1) is 0 Å². The number of hydrogen-bond donors (Lipinski definition) is 0. The Bertz CT molecular complexity index is 1130. The van der Waals surface area contributed by atoms with Crippen LogP contribution in [-0.2, 0) is 4.74 Å².